The highest BCUT2D eigenvalue weighted by atomic mass is 16.5. The summed E-state index contributed by atoms with van der Waals surface area (Å²) < 4.78 is 17.9. The molecule has 4 rings (SSSR count). The van der Waals surface area contributed by atoms with E-state index in [0.29, 0.717) is 12.5 Å². The topological polar surface area (TPSA) is 51.2 Å². The van der Waals surface area contributed by atoms with E-state index in [-0.39, 0.29) is 17.7 Å². The van der Waals surface area contributed by atoms with Crippen LogP contribution in [0.15, 0.2) is 12.1 Å². The van der Waals surface area contributed by atoms with E-state index in [2.05, 4.69) is 17.0 Å². The van der Waals surface area contributed by atoms with Crippen molar-refractivity contribution in [2.24, 2.45) is 0 Å². The fourth-order valence-corrected chi connectivity index (χ4v) is 4.48. The van der Waals surface area contributed by atoms with Gasteiger partial charge in [-0.2, -0.15) is 0 Å². The molecule has 2 fully saturated rings. The summed E-state index contributed by atoms with van der Waals surface area (Å²) >= 11 is 0. The van der Waals surface area contributed by atoms with Crippen molar-refractivity contribution < 1.29 is 19.3 Å². The molecule has 2 aliphatic heterocycles. The molecule has 0 unspecified atom stereocenters. The summed E-state index contributed by atoms with van der Waals surface area (Å²) in [4.78, 5) is 2.46. The number of benzene rings is 1. The maximum atomic E-state index is 10.7. The first kappa shape index (κ1) is 19.0. The number of fused-ring (bicyclic) bond motifs is 3. The van der Waals surface area contributed by atoms with Crippen LogP contribution >= 0.6 is 0 Å². The van der Waals surface area contributed by atoms with Crippen LogP contribution in [0, 0.1) is 0 Å². The number of nitrogens with zero attached hydrogens (tertiary/aromatic N) is 1. The SMILES string of the molecule is COc1cc2c(cc1OC1CCC1)CCN1C[C@@H](OC(C)(C)C)[C@H](O)C[C@H]21. The molecule has 0 spiro atoms. The Labute approximate surface area is 162 Å². The number of rotatable bonds is 4. The minimum absolute atomic E-state index is 0.133. The third-order valence-electron chi connectivity index (χ3n) is 6.05. The maximum Gasteiger partial charge on any atom is 0.161 e. The molecule has 1 aromatic carbocycles. The normalized spacial score (nSPS) is 28.9. The fourth-order valence-electron chi connectivity index (χ4n) is 4.48. The summed E-state index contributed by atoms with van der Waals surface area (Å²) in [6.45, 7) is 7.90. The van der Waals surface area contributed by atoms with Gasteiger partial charge in [0, 0.05) is 19.1 Å². The van der Waals surface area contributed by atoms with E-state index in [0.717, 1.165) is 43.9 Å². The van der Waals surface area contributed by atoms with Gasteiger partial charge in [-0.15, -0.1) is 0 Å². The highest BCUT2D eigenvalue weighted by Crippen LogP contribution is 2.43. The third-order valence-corrected chi connectivity index (χ3v) is 6.05. The molecule has 1 aromatic rings. The zero-order valence-corrected chi connectivity index (χ0v) is 17.0. The zero-order chi connectivity index (χ0) is 19.2. The van der Waals surface area contributed by atoms with Gasteiger partial charge in [0.15, 0.2) is 11.5 Å². The van der Waals surface area contributed by atoms with Crippen molar-refractivity contribution in [3.05, 3.63) is 23.3 Å². The Bertz CT molecular complexity index is 680. The lowest BCUT2D eigenvalue weighted by atomic mass is 9.84. The summed E-state index contributed by atoms with van der Waals surface area (Å²) in [5, 5.41) is 10.7. The lowest BCUT2D eigenvalue weighted by Gasteiger charge is -2.47. The first-order valence-corrected chi connectivity index (χ1v) is 10.3. The molecular formula is C22H33NO4. The minimum Gasteiger partial charge on any atom is -0.493 e. The highest BCUT2D eigenvalue weighted by molar-refractivity contribution is 5.50. The molecule has 0 aromatic heterocycles. The molecule has 5 nitrogen and oxygen atoms in total. The second-order valence-electron chi connectivity index (χ2n) is 9.21. The molecule has 150 valence electrons. The number of aliphatic hydroxyl groups excluding tert-OH is 1. The van der Waals surface area contributed by atoms with Gasteiger partial charge < -0.3 is 19.3 Å². The van der Waals surface area contributed by atoms with Gasteiger partial charge in [-0.1, -0.05) is 0 Å². The average molecular weight is 376 g/mol. The van der Waals surface area contributed by atoms with Crippen molar-refractivity contribution in [3.8, 4) is 11.5 Å². The Morgan fingerprint density at radius 3 is 2.56 bits per heavy atom. The number of aliphatic hydroxyl groups is 1. The second kappa shape index (κ2) is 7.26. The van der Waals surface area contributed by atoms with Gasteiger partial charge in [0.2, 0.25) is 0 Å². The summed E-state index contributed by atoms with van der Waals surface area (Å²) in [6, 6.07) is 4.53. The van der Waals surface area contributed by atoms with E-state index in [1.807, 2.05) is 20.8 Å². The molecule has 0 radical (unpaired) electrons. The molecular weight excluding hydrogens is 342 g/mol. The van der Waals surface area contributed by atoms with Crippen LogP contribution in [0.1, 0.15) is 63.6 Å². The molecule has 0 amide bonds. The van der Waals surface area contributed by atoms with Gasteiger partial charge in [0.1, 0.15) is 0 Å². The minimum atomic E-state index is -0.451. The molecule has 2 heterocycles. The number of ether oxygens (including phenoxy) is 3. The molecule has 0 bridgehead atoms. The molecule has 1 N–H and O–H groups in total. The lowest BCUT2D eigenvalue weighted by Crippen LogP contribution is -2.53. The van der Waals surface area contributed by atoms with Crippen molar-refractivity contribution in [1.82, 2.24) is 4.90 Å². The predicted octanol–water partition coefficient (Wildman–Crippen LogP) is 3.47. The van der Waals surface area contributed by atoms with Gasteiger partial charge in [-0.25, -0.2) is 0 Å². The van der Waals surface area contributed by atoms with Gasteiger partial charge in [0.25, 0.3) is 0 Å². The Hall–Kier alpha value is -1.30. The van der Waals surface area contributed by atoms with Crippen molar-refractivity contribution in [1.29, 1.82) is 0 Å². The van der Waals surface area contributed by atoms with Gasteiger partial charge in [0.05, 0.1) is 31.0 Å². The van der Waals surface area contributed by atoms with E-state index < -0.39 is 6.10 Å². The zero-order valence-electron chi connectivity index (χ0n) is 17.0. The highest BCUT2D eigenvalue weighted by Gasteiger charge is 2.40. The predicted molar refractivity (Wildman–Crippen MR) is 105 cm³/mol. The number of hydrogen-bond donors (Lipinski definition) is 1. The summed E-state index contributed by atoms with van der Waals surface area (Å²) in [5.41, 5.74) is 2.35. The molecule has 3 aliphatic rings. The van der Waals surface area contributed by atoms with Crippen molar-refractivity contribution >= 4 is 0 Å². The van der Waals surface area contributed by atoms with E-state index in [9.17, 15) is 5.11 Å². The van der Waals surface area contributed by atoms with Crippen molar-refractivity contribution in [2.75, 3.05) is 20.2 Å². The van der Waals surface area contributed by atoms with E-state index in [4.69, 9.17) is 14.2 Å². The largest absolute Gasteiger partial charge is 0.493 e. The number of piperidine rings is 1. The lowest BCUT2D eigenvalue weighted by molar-refractivity contribution is -0.149. The molecule has 3 atom stereocenters. The Kier molecular flexibility index (Phi) is 5.12. The average Bonchev–Trinajstić information content (AvgIpc) is 2.57. The van der Waals surface area contributed by atoms with Crippen molar-refractivity contribution in [3.63, 3.8) is 0 Å². The van der Waals surface area contributed by atoms with Crippen LogP contribution in [-0.4, -0.2) is 54.1 Å². The van der Waals surface area contributed by atoms with Crippen LogP contribution in [0.3, 0.4) is 0 Å². The van der Waals surface area contributed by atoms with Crippen molar-refractivity contribution in [2.45, 2.75) is 82.8 Å². The molecule has 27 heavy (non-hydrogen) atoms. The molecule has 1 saturated carbocycles. The Balaban J connectivity index is 1.56. The first-order chi connectivity index (χ1) is 12.8. The summed E-state index contributed by atoms with van der Waals surface area (Å²) in [6.07, 6.45) is 4.97. The number of hydrogen-bond acceptors (Lipinski definition) is 5. The van der Waals surface area contributed by atoms with Gasteiger partial charge in [-0.3, -0.25) is 4.90 Å². The summed E-state index contributed by atoms with van der Waals surface area (Å²) in [7, 11) is 1.71. The van der Waals surface area contributed by atoms with Crippen LogP contribution in [-0.2, 0) is 11.2 Å². The maximum absolute atomic E-state index is 10.7. The monoisotopic (exact) mass is 375 g/mol. The smallest absolute Gasteiger partial charge is 0.161 e. The molecule has 5 heteroatoms. The van der Waals surface area contributed by atoms with E-state index in [1.54, 1.807) is 7.11 Å². The van der Waals surface area contributed by atoms with Crippen LogP contribution in [0.2, 0.25) is 0 Å². The molecule has 1 aliphatic carbocycles. The van der Waals surface area contributed by atoms with Crippen LogP contribution in [0.25, 0.3) is 0 Å². The Morgan fingerprint density at radius 2 is 1.93 bits per heavy atom. The van der Waals surface area contributed by atoms with E-state index in [1.165, 1.54) is 17.5 Å². The standard InChI is InChI=1S/C22H33NO4/c1-22(2,3)27-21-13-23-9-8-14-10-20(26-15-6-5-7-15)19(25-4)11-16(14)17(23)12-18(21)24/h10-11,15,17-18,21,24H,5-9,12-13H2,1-4H3/t17-,18-,21-/m1/s1. The van der Waals surface area contributed by atoms with Gasteiger partial charge in [-0.05, 0) is 76.1 Å². The van der Waals surface area contributed by atoms with Gasteiger partial charge >= 0.3 is 0 Å². The third kappa shape index (κ3) is 3.96. The molecule has 1 saturated heterocycles. The van der Waals surface area contributed by atoms with Crippen LogP contribution in [0.4, 0.5) is 0 Å². The number of methoxy groups -OCH3 is 1. The van der Waals surface area contributed by atoms with Crippen LogP contribution < -0.4 is 9.47 Å². The Morgan fingerprint density at radius 1 is 1.15 bits per heavy atom. The summed E-state index contributed by atoms with van der Waals surface area (Å²) in [5.74, 6) is 1.68. The first-order valence-electron chi connectivity index (χ1n) is 10.3. The quantitative estimate of drug-likeness (QED) is 0.873. The fraction of sp³-hybridized carbons (Fsp3) is 0.727. The second-order valence-corrected chi connectivity index (χ2v) is 9.21. The van der Waals surface area contributed by atoms with Crippen LogP contribution in [0.5, 0.6) is 11.5 Å². The van der Waals surface area contributed by atoms with E-state index >= 15 is 0 Å².